The molecular weight excluding hydrogens is 254 g/mol. The number of hydrogen-bond donors (Lipinski definition) is 3. The minimum Gasteiger partial charge on any atom is -0.409 e. The first kappa shape index (κ1) is 12.7. The first-order chi connectivity index (χ1) is 8.58. The monoisotopic (exact) mass is 267 g/mol. The molecule has 0 heterocycles. The molecule has 0 atom stereocenters. The normalized spacial score (nSPS) is 17.9. The Morgan fingerprint density at radius 3 is 2.44 bits per heavy atom. The third kappa shape index (κ3) is 2.13. The Morgan fingerprint density at radius 1 is 1.39 bits per heavy atom. The van der Waals surface area contributed by atoms with Gasteiger partial charge in [-0.15, -0.1) is 0 Å². The van der Waals surface area contributed by atoms with Crippen LogP contribution in [0.2, 0.25) is 5.02 Å². The summed E-state index contributed by atoms with van der Waals surface area (Å²) in [6.45, 7) is 0. The van der Waals surface area contributed by atoms with Crippen LogP contribution in [0.3, 0.4) is 0 Å². The molecule has 1 amide bonds. The van der Waals surface area contributed by atoms with Crippen molar-refractivity contribution in [3.8, 4) is 0 Å². The lowest BCUT2D eigenvalue weighted by molar-refractivity contribution is -0.125. The Bertz CT molecular complexity index is 481. The van der Waals surface area contributed by atoms with Crippen molar-refractivity contribution in [2.75, 3.05) is 5.32 Å². The largest absolute Gasteiger partial charge is 0.409 e. The Morgan fingerprint density at radius 2 is 2.00 bits per heavy atom. The highest BCUT2D eigenvalue weighted by Crippen LogP contribution is 2.42. The molecule has 0 bridgehead atoms. The average molecular weight is 268 g/mol. The summed E-state index contributed by atoms with van der Waals surface area (Å²) >= 11 is 5.76. The molecule has 1 saturated carbocycles. The van der Waals surface area contributed by atoms with E-state index in [2.05, 4.69) is 10.5 Å². The molecule has 1 aromatic carbocycles. The van der Waals surface area contributed by atoms with Gasteiger partial charge in [-0.2, -0.15) is 0 Å². The molecule has 5 nitrogen and oxygen atoms in total. The third-order valence-electron chi connectivity index (χ3n) is 3.34. The zero-order valence-electron chi connectivity index (χ0n) is 9.69. The highest BCUT2D eigenvalue weighted by molar-refractivity contribution is 6.30. The molecule has 0 unspecified atom stereocenters. The molecule has 0 radical (unpaired) electrons. The number of benzene rings is 1. The van der Waals surface area contributed by atoms with Gasteiger partial charge in [0, 0.05) is 10.7 Å². The van der Waals surface area contributed by atoms with Crippen LogP contribution in [-0.4, -0.2) is 17.0 Å². The van der Waals surface area contributed by atoms with Gasteiger partial charge in [-0.25, -0.2) is 0 Å². The van der Waals surface area contributed by atoms with E-state index in [-0.39, 0.29) is 11.7 Å². The van der Waals surface area contributed by atoms with Gasteiger partial charge in [-0.3, -0.25) is 4.79 Å². The number of nitrogens with zero attached hydrogens (tertiary/aromatic N) is 1. The summed E-state index contributed by atoms with van der Waals surface area (Å²) in [5, 5.41) is 15.1. The van der Waals surface area contributed by atoms with Crippen molar-refractivity contribution in [3.05, 3.63) is 29.3 Å². The van der Waals surface area contributed by atoms with Crippen LogP contribution in [-0.2, 0) is 4.79 Å². The molecule has 6 heteroatoms. The lowest BCUT2D eigenvalue weighted by Gasteiger charge is -2.38. The smallest absolute Gasteiger partial charge is 0.238 e. The molecule has 2 rings (SSSR count). The quantitative estimate of drug-likeness (QED) is 0.339. The molecule has 0 spiro atoms. The lowest BCUT2D eigenvalue weighted by Crippen LogP contribution is -2.51. The fourth-order valence-corrected chi connectivity index (χ4v) is 2.14. The fourth-order valence-electron chi connectivity index (χ4n) is 2.01. The number of amidine groups is 1. The molecule has 0 aliphatic heterocycles. The third-order valence-corrected chi connectivity index (χ3v) is 3.59. The summed E-state index contributed by atoms with van der Waals surface area (Å²) in [7, 11) is 0. The van der Waals surface area contributed by atoms with Crippen molar-refractivity contribution >= 4 is 29.0 Å². The highest BCUT2D eigenvalue weighted by Gasteiger charge is 2.48. The number of amides is 1. The van der Waals surface area contributed by atoms with E-state index in [4.69, 9.17) is 22.5 Å². The second-order valence-corrected chi connectivity index (χ2v) is 4.82. The maximum absolute atomic E-state index is 12.2. The van der Waals surface area contributed by atoms with Crippen LogP contribution < -0.4 is 11.1 Å². The van der Waals surface area contributed by atoms with Gasteiger partial charge in [-0.05, 0) is 37.1 Å². The minimum absolute atomic E-state index is 0.0276. The Balaban J connectivity index is 2.14. The number of oxime groups is 1. The van der Waals surface area contributed by atoms with Gasteiger partial charge < -0.3 is 16.3 Å². The van der Waals surface area contributed by atoms with Crippen LogP contribution >= 0.6 is 11.6 Å². The molecule has 0 aromatic heterocycles. The maximum atomic E-state index is 12.2. The summed E-state index contributed by atoms with van der Waals surface area (Å²) in [6, 6.07) is 6.79. The number of nitrogens with one attached hydrogen (secondary N) is 1. The number of anilines is 1. The van der Waals surface area contributed by atoms with Crippen LogP contribution in [0.15, 0.2) is 29.4 Å². The second kappa shape index (κ2) is 4.86. The molecule has 1 aromatic rings. The van der Waals surface area contributed by atoms with Crippen molar-refractivity contribution in [1.29, 1.82) is 0 Å². The number of rotatable bonds is 3. The van der Waals surface area contributed by atoms with E-state index in [9.17, 15) is 4.79 Å². The van der Waals surface area contributed by atoms with E-state index >= 15 is 0 Å². The molecule has 4 N–H and O–H groups in total. The van der Waals surface area contributed by atoms with Gasteiger partial charge in [0.25, 0.3) is 0 Å². The Hall–Kier alpha value is -1.75. The fraction of sp³-hybridized carbons (Fsp3) is 0.333. The van der Waals surface area contributed by atoms with Crippen molar-refractivity contribution in [3.63, 3.8) is 0 Å². The Labute approximate surface area is 110 Å². The molecule has 1 aliphatic rings. The first-order valence-corrected chi connectivity index (χ1v) is 6.01. The molecule has 0 saturated heterocycles. The maximum Gasteiger partial charge on any atom is 0.238 e. The standard InChI is InChI=1S/C12H14ClN3O2/c13-8-2-4-9(5-3-8)15-11(17)12(6-1-7-12)10(14)16-18/h2-5,18H,1,6-7H2,(H2,14,16)(H,15,17). The van der Waals surface area contributed by atoms with Gasteiger partial charge in [0.2, 0.25) is 5.91 Å². The minimum atomic E-state index is -0.867. The average Bonchev–Trinajstić information content (AvgIpc) is 2.30. The van der Waals surface area contributed by atoms with Crippen molar-refractivity contribution in [2.45, 2.75) is 19.3 Å². The van der Waals surface area contributed by atoms with E-state index in [0.29, 0.717) is 23.6 Å². The highest BCUT2D eigenvalue weighted by atomic mass is 35.5. The molecule has 18 heavy (non-hydrogen) atoms. The summed E-state index contributed by atoms with van der Waals surface area (Å²) in [5.74, 6) is -0.272. The molecule has 1 aliphatic carbocycles. The van der Waals surface area contributed by atoms with Gasteiger partial charge in [0.15, 0.2) is 5.84 Å². The van der Waals surface area contributed by atoms with Crippen molar-refractivity contribution in [2.24, 2.45) is 16.3 Å². The zero-order valence-corrected chi connectivity index (χ0v) is 10.4. The molecule has 1 fully saturated rings. The first-order valence-electron chi connectivity index (χ1n) is 5.63. The number of carbonyl (C=O) groups excluding carboxylic acids is 1. The van der Waals surface area contributed by atoms with Crippen LogP contribution in [0, 0.1) is 5.41 Å². The molecular formula is C12H14ClN3O2. The predicted molar refractivity (Wildman–Crippen MR) is 69.8 cm³/mol. The number of hydrogen-bond acceptors (Lipinski definition) is 3. The predicted octanol–water partition coefficient (Wildman–Crippen LogP) is 2.20. The SMILES string of the molecule is N/C(=N/O)C1(C(=O)Nc2ccc(Cl)cc2)CCC1. The van der Waals surface area contributed by atoms with Crippen LogP contribution in [0.1, 0.15) is 19.3 Å². The van der Waals surface area contributed by atoms with E-state index in [1.165, 1.54) is 0 Å². The van der Waals surface area contributed by atoms with Crippen molar-refractivity contribution < 1.29 is 10.0 Å². The topological polar surface area (TPSA) is 87.7 Å². The number of halogens is 1. The van der Waals surface area contributed by atoms with Gasteiger partial charge >= 0.3 is 0 Å². The number of carbonyl (C=O) groups is 1. The van der Waals surface area contributed by atoms with Gasteiger partial charge in [-0.1, -0.05) is 23.2 Å². The van der Waals surface area contributed by atoms with Gasteiger partial charge in [0.1, 0.15) is 5.41 Å². The van der Waals surface area contributed by atoms with Gasteiger partial charge in [0.05, 0.1) is 0 Å². The Kier molecular flexibility index (Phi) is 3.43. The lowest BCUT2D eigenvalue weighted by atomic mass is 9.67. The summed E-state index contributed by atoms with van der Waals surface area (Å²) in [4.78, 5) is 12.2. The zero-order chi connectivity index (χ0) is 13.2. The summed E-state index contributed by atoms with van der Waals surface area (Å²) < 4.78 is 0. The molecule has 96 valence electrons. The van der Waals surface area contributed by atoms with E-state index in [1.54, 1.807) is 24.3 Å². The number of nitrogens with two attached hydrogens (primary N) is 1. The second-order valence-electron chi connectivity index (χ2n) is 4.38. The van der Waals surface area contributed by atoms with Crippen LogP contribution in [0.5, 0.6) is 0 Å². The van der Waals surface area contributed by atoms with Crippen LogP contribution in [0.4, 0.5) is 5.69 Å². The van der Waals surface area contributed by atoms with E-state index in [1.807, 2.05) is 0 Å². The van der Waals surface area contributed by atoms with E-state index < -0.39 is 5.41 Å². The van der Waals surface area contributed by atoms with Crippen LogP contribution in [0.25, 0.3) is 0 Å². The summed E-state index contributed by atoms with van der Waals surface area (Å²) in [6.07, 6.45) is 2.09. The van der Waals surface area contributed by atoms with E-state index in [0.717, 1.165) is 6.42 Å². The summed E-state index contributed by atoms with van der Waals surface area (Å²) in [5.41, 5.74) is 5.38. The van der Waals surface area contributed by atoms with Crippen molar-refractivity contribution in [1.82, 2.24) is 0 Å².